The minimum absolute atomic E-state index is 0.416. The number of esters is 1. The predicted octanol–water partition coefficient (Wildman–Crippen LogP) is 3.73. The first kappa shape index (κ1) is 17.1. The monoisotopic (exact) mass is 360 g/mol. The summed E-state index contributed by atoms with van der Waals surface area (Å²) >= 11 is 1.33. The molecule has 0 aliphatic heterocycles. The number of methoxy groups -OCH3 is 2. The third-order valence-electron chi connectivity index (χ3n) is 3.46. The van der Waals surface area contributed by atoms with Gasteiger partial charge in [-0.3, -0.25) is 0 Å². The lowest BCUT2D eigenvalue weighted by Crippen LogP contribution is -2.00. The molecule has 0 aliphatic rings. The number of hydrogen-bond acceptors (Lipinski definition) is 8. The van der Waals surface area contributed by atoms with Gasteiger partial charge >= 0.3 is 5.97 Å². The summed E-state index contributed by atoms with van der Waals surface area (Å²) in [5.74, 6) is 2.38. The maximum absolute atomic E-state index is 11.6. The van der Waals surface area contributed by atoms with Gasteiger partial charge < -0.3 is 18.3 Å². The molecule has 0 aliphatic carbocycles. The molecule has 0 fully saturated rings. The van der Waals surface area contributed by atoms with Crippen molar-refractivity contribution in [1.82, 2.24) is 10.2 Å². The number of thioether (sulfide) groups is 1. The molecular formula is C17H16N2O5S. The number of hydrogen-bond donors (Lipinski definition) is 0. The van der Waals surface area contributed by atoms with Crippen molar-refractivity contribution in [2.24, 2.45) is 0 Å². The van der Waals surface area contributed by atoms with Crippen LogP contribution >= 0.6 is 11.8 Å². The summed E-state index contributed by atoms with van der Waals surface area (Å²) in [5, 5.41) is 8.46. The fourth-order valence-corrected chi connectivity index (χ4v) is 2.82. The van der Waals surface area contributed by atoms with Crippen molar-refractivity contribution < 1.29 is 23.1 Å². The molecule has 8 heteroatoms. The second-order valence-electron chi connectivity index (χ2n) is 5.06. The third-order valence-corrected chi connectivity index (χ3v) is 4.30. The van der Waals surface area contributed by atoms with Gasteiger partial charge in [-0.05, 0) is 37.3 Å². The standard InChI is InChI=1S/C17H16N2O5S/c1-10-14(16(20)22-3)8-13(23-10)9-25-17-19-18-15(24-17)11-4-6-12(21-2)7-5-11/h4-8H,9H2,1-3H3. The lowest BCUT2D eigenvalue weighted by molar-refractivity contribution is 0.0599. The molecule has 1 aromatic carbocycles. The molecule has 3 aromatic rings. The topological polar surface area (TPSA) is 87.6 Å². The first-order valence-electron chi connectivity index (χ1n) is 7.39. The molecule has 0 bridgehead atoms. The number of aryl methyl sites for hydroxylation is 1. The van der Waals surface area contributed by atoms with E-state index in [0.29, 0.717) is 34.0 Å². The SMILES string of the molecule is COC(=O)c1cc(CSc2nnc(-c3ccc(OC)cc3)o2)oc1C. The fourth-order valence-electron chi connectivity index (χ4n) is 2.18. The summed E-state index contributed by atoms with van der Waals surface area (Å²) in [7, 11) is 2.95. The van der Waals surface area contributed by atoms with E-state index in [2.05, 4.69) is 10.2 Å². The van der Waals surface area contributed by atoms with Crippen LogP contribution in [0, 0.1) is 6.92 Å². The van der Waals surface area contributed by atoms with E-state index < -0.39 is 5.97 Å². The van der Waals surface area contributed by atoms with Crippen LogP contribution in [0.1, 0.15) is 21.9 Å². The van der Waals surface area contributed by atoms with Gasteiger partial charge in [-0.2, -0.15) is 0 Å². The smallest absolute Gasteiger partial charge is 0.341 e. The van der Waals surface area contributed by atoms with Crippen molar-refractivity contribution in [1.29, 1.82) is 0 Å². The van der Waals surface area contributed by atoms with Crippen molar-refractivity contribution in [3.63, 3.8) is 0 Å². The summed E-state index contributed by atoms with van der Waals surface area (Å²) in [6.07, 6.45) is 0. The molecule has 0 unspecified atom stereocenters. The van der Waals surface area contributed by atoms with E-state index in [1.807, 2.05) is 24.3 Å². The number of ether oxygens (including phenoxy) is 2. The van der Waals surface area contributed by atoms with Crippen molar-refractivity contribution in [2.45, 2.75) is 17.9 Å². The fraction of sp³-hybridized carbons (Fsp3) is 0.235. The summed E-state index contributed by atoms with van der Waals surface area (Å²) in [6.45, 7) is 1.72. The lowest BCUT2D eigenvalue weighted by Gasteiger charge is -1.99. The molecule has 0 atom stereocenters. The van der Waals surface area contributed by atoms with Gasteiger partial charge in [0.25, 0.3) is 5.22 Å². The number of rotatable bonds is 6. The molecule has 0 saturated carbocycles. The largest absolute Gasteiger partial charge is 0.497 e. The van der Waals surface area contributed by atoms with Gasteiger partial charge in [0.2, 0.25) is 5.89 Å². The lowest BCUT2D eigenvalue weighted by atomic mass is 10.2. The zero-order valence-electron chi connectivity index (χ0n) is 13.9. The summed E-state index contributed by atoms with van der Waals surface area (Å²) in [5.41, 5.74) is 1.23. The Kier molecular flexibility index (Phi) is 5.08. The maximum atomic E-state index is 11.6. The number of aromatic nitrogens is 2. The first-order chi connectivity index (χ1) is 12.1. The molecule has 0 radical (unpaired) electrons. The van der Waals surface area contributed by atoms with Crippen molar-refractivity contribution in [2.75, 3.05) is 14.2 Å². The Hall–Kier alpha value is -2.74. The maximum Gasteiger partial charge on any atom is 0.341 e. The van der Waals surface area contributed by atoms with E-state index in [1.54, 1.807) is 20.1 Å². The Labute approximate surface area is 148 Å². The molecule has 0 spiro atoms. The highest BCUT2D eigenvalue weighted by Gasteiger charge is 2.16. The van der Waals surface area contributed by atoms with Crippen molar-refractivity contribution in [3.05, 3.63) is 47.4 Å². The van der Waals surface area contributed by atoms with Crippen molar-refractivity contribution >= 4 is 17.7 Å². The highest BCUT2D eigenvalue weighted by molar-refractivity contribution is 7.98. The Bertz CT molecular complexity index is 870. The van der Waals surface area contributed by atoms with E-state index in [-0.39, 0.29) is 0 Å². The molecule has 0 N–H and O–H groups in total. The van der Waals surface area contributed by atoms with E-state index in [1.165, 1.54) is 18.9 Å². The predicted molar refractivity (Wildman–Crippen MR) is 90.6 cm³/mol. The van der Waals surface area contributed by atoms with Crippen LogP contribution in [0.4, 0.5) is 0 Å². The van der Waals surface area contributed by atoms with Gasteiger partial charge in [-0.15, -0.1) is 10.2 Å². The third kappa shape index (κ3) is 3.85. The van der Waals surface area contributed by atoms with E-state index in [4.69, 9.17) is 18.3 Å². The second-order valence-corrected chi connectivity index (χ2v) is 5.99. The average molecular weight is 360 g/mol. The number of nitrogens with zero attached hydrogens (tertiary/aromatic N) is 2. The van der Waals surface area contributed by atoms with E-state index in [0.717, 1.165) is 11.3 Å². The van der Waals surface area contributed by atoms with Crippen LogP contribution in [-0.4, -0.2) is 30.4 Å². The van der Waals surface area contributed by atoms with E-state index >= 15 is 0 Å². The van der Waals surface area contributed by atoms with Crippen molar-refractivity contribution in [3.8, 4) is 17.2 Å². The number of carbonyl (C=O) groups excluding carboxylic acids is 1. The average Bonchev–Trinajstić information content (AvgIpc) is 3.26. The number of carbonyl (C=O) groups is 1. The Morgan fingerprint density at radius 1 is 1.16 bits per heavy atom. The molecule has 2 heterocycles. The molecule has 0 saturated heterocycles. The van der Waals surface area contributed by atoms with Crippen LogP contribution < -0.4 is 4.74 Å². The Morgan fingerprint density at radius 3 is 2.60 bits per heavy atom. The van der Waals surface area contributed by atoms with Gasteiger partial charge in [-0.1, -0.05) is 11.8 Å². The Morgan fingerprint density at radius 2 is 1.92 bits per heavy atom. The Balaban J connectivity index is 1.66. The summed E-state index contributed by atoms with van der Waals surface area (Å²) in [4.78, 5) is 11.6. The second kappa shape index (κ2) is 7.43. The first-order valence-corrected chi connectivity index (χ1v) is 8.37. The van der Waals surface area contributed by atoms with Gasteiger partial charge in [0.05, 0.1) is 20.0 Å². The quantitative estimate of drug-likeness (QED) is 0.485. The van der Waals surface area contributed by atoms with Crippen LogP contribution in [0.3, 0.4) is 0 Å². The summed E-state index contributed by atoms with van der Waals surface area (Å²) in [6, 6.07) is 9.01. The zero-order chi connectivity index (χ0) is 17.8. The molecule has 130 valence electrons. The minimum atomic E-state index is -0.419. The van der Waals surface area contributed by atoms with Crippen LogP contribution in [0.5, 0.6) is 5.75 Å². The number of furan rings is 1. The highest BCUT2D eigenvalue weighted by atomic mass is 32.2. The van der Waals surface area contributed by atoms with Crippen LogP contribution in [0.2, 0.25) is 0 Å². The van der Waals surface area contributed by atoms with E-state index in [9.17, 15) is 4.79 Å². The van der Waals surface area contributed by atoms with Gasteiger partial charge in [-0.25, -0.2) is 4.79 Å². The van der Waals surface area contributed by atoms with Gasteiger partial charge in [0.1, 0.15) is 22.8 Å². The zero-order valence-corrected chi connectivity index (χ0v) is 14.8. The molecule has 0 amide bonds. The van der Waals surface area contributed by atoms with Crippen LogP contribution in [-0.2, 0) is 10.5 Å². The molecular weight excluding hydrogens is 344 g/mol. The highest BCUT2D eigenvalue weighted by Crippen LogP contribution is 2.28. The molecule has 3 rings (SSSR count). The molecule has 25 heavy (non-hydrogen) atoms. The normalized spacial score (nSPS) is 10.7. The van der Waals surface area contributed by atoms with Gasteiger partial charge in [0, 0.05) is 5.56 Å². The van der Waals surface area contributed by atoms with Crippen LogP contribution in [0.15, 0.2) is 44.4 Å². The summed E-state index contributed by atoms with van der Waals surface area (Å²) < 4.78 is 21.0. The van der Waals surface area contributed by atoms with Gasteiger partial charge in [0.15, 0.2) is 0 Å². The minimum Gasteiger partial charge on any atom is -0.497 e. The molecule has 2 aromatic heterocycles. The number of benzene rings is 1. The molecule has 7 nitrogen and oxygen atoms in total. The van der Waals surface area contributed by atoms with Crippen LogP contribution in [0.25, 0.3) is 11.5 Å².